The maximum atomic E-state index is 12.2. The van der Waals surface area contributed by atoms with Crippen molar-refractivity contribution in [3.8, 4) is 0 Å². The van der Waals surface area contributed by atoms with Crippen LogP contribution in [0, 0.1) is 19.8 Å². The van der Waals surface area contributed by atoms with Gasteiger partial charge in [0.25, 0.3) is 5.91 Å². The maximum Gasteiger partial charge on any atom is 0.261 e. The van der Waals surface area contributed by atoms with Gasteiger partial charge in [-0.3, -0.25) is 4.79 Å². The fourth-order valence-electron chi connectivity index (χ4n) is 2.83. The number of carbonyl (C=O) groups is 1. The minimum absolute atomic E-state index is 0.0730. The second-order valence-electron chi connectivity index (χ2n) is 6.40. The van der Waals surface area contributed by atoms with Crippen LogP contribution in [0.15, 0.2) is 6.07 Å². The van der Waals surface area contributed by atoms with Crippen LogP contribution >= 0.6 is 11.3 Å². The molecule has 0 unspecified atom stereocenters. The summed E-state index contributed by atoms with van der Waals surface area (Å²) in [6, 6.07) is 1.99. The molecular formula is C17H29N3OS. The van der Waals surface area contributed by atoms with E-state index in [1.165, 1.54) is 23.5 Å². The lowest BCUT2D eigenvalue weighted by Crippen LogP contribution is -2.48. The highest BCUT2D eigenvalue weighted by molar-refractivity contribution is 7.14. The number of thiophene rings is 1. The first-order valence-electron chi connectivity index (χ1n) is 8.29. The van der Waals surface area contributed by atoms with Gasteiger partial charge in [0, 0.05) is 44.1 Å². The summed E-state index contributed by atoms with van der Waals surface area (Å²) in [6.45, 7) is 16.2. The lowest BCUT2D eigenvalue weighted by atomic mass is 10.1. The minimum Gasteiger partial charge on any atom is -0.351 e. The van der Waals surface area contributed by atoms with Crippen molar-refractivity contribution in [1.82, 2.24) is 15.1 Å². The number of hydrogen-bond acceptors (Lipinski definition) is 4. The SMILES string of the molecule is CCN1CCN(C[C@@H](C)CNC(=O)c2cc(C)c(C)s2)CC1. The molecule has 2 heterocycles. The Hall–Kier alpha value is -0.910. The number of likely N-dealkylation sites (N-methyl/N-ethyl adjacent to an activating group) is 1. The number of nitrogens with zero attached hydrogens (tertiary/aromatic N) is 2. The van der Waals surface area contributed by atoms with Crippen LogP contribution in [0.25, 0.3) is 0 Å². The Morgan fingerprint density at radius 1 is 1.27 bits per heavy atom. The van der Waals surface area contributed by atoms with Crippen molar-refractivity contribution < 1.29 is 4.79 Å². The molecule has 0 saturated carbocycles. The lowest BCUT2D eigenvalue weighted by molar-refractivity contribution is 0.0937. The Labute approximate surface area is 138 Å². The number of hydrogen-bond donors (Lipinski definition) is 1. The van der Waals surface area contributed by atoms with Crippen LogP contribution in [0.5, 0.6) is 0 Å². The summed E-state index contributed by atoms with van der Waals surface area (Å²) in [7, 11) is 0. The van der Waals surface area contributed by atoms with E-state index in [4.69, 9.17) is 0 Å². The summed E-state index contributed by atoms with van der Waals surface area (Å²) >= 11 is 1.58. The van der Waals surface area contributed by atoms with Gasteiger partial charge in [-0.15, -0.1) is 11.3 Å². The van der Waals surface area contributed by atoms with Crippen LogP contribution < -0.4 is 5.32 Å². The van der Waals surface area contributed by atoms with Crippen molar-refractivity contribution >= 4 is 17.2 Å². The van der Waals surface area contributed by atoms with Crippen molar-refractivity contribution in [2.45, 2.75) is 27.7 Å². The molecule has 1 aliphatic heterocycles. The van der Waals surface area contributed by atoms with Gasteiger partial charge in [-0.05, 0) is 37.9 Å². The van der Waals surface area contributed by atoms with Gasteiger partial charge in [-0.2, -0.15) is 0 Å². The number of amides is 1. The predicted molar refractivity (Wildman–Crippen MR) is 93.8 cm³/mol. The average Bonchev–Trinajstić information content (AvgIpc) is 2.85. The highest BCUT2D eigenvalue weighted by Gasteiger charge is 2.18. The lowest BCUT2D eigenvalue weighted by Gasteiger charge is -2.35. The zero-order valence-corrected chi connectivity index (χ0v) is 15.1. The van der Waals surface area contributed by atoms with E-state index < -0.39 is 0 Å². The van der Waals surface area contributed by atoms with E-state index in [-0.39, 0.29) is 5.91 Å². The van der Waals surface area contributed by atoms with Gasteiger partial charge in [0.1, 0.15) is 0 Å². The van der Waals surface area contributed by atoms with Crippen LogP contribution in [-0.4, -0.2) is 61.5 Å². The standard InChI is InChI=1S/C17H29N3OS/c1-5-19-6-8-20(9-7-19)12-13(2)11-18-17(21)16-10-14(3)15(4)22-16/h10,13H,5-9,11-12H2,1-4H3,(H,18,21)/t13-/m0/s1. The van der Waals surface area contributed by atoms with Gasteiger partial charge >= 0.3 is 0 Å². The molecule has 0 spiro atoms. The van der Waals surface area contributed by atoms with Gasteiger partial charge in [-0.25, -0.2) is 0 Å². The first-order chi connectivity index (χ1) is 10.5. The van der Waals surface area contributed by atoms with E-state index in [0.29, 0.717) is 5.92 Å². The zero-order valence-electron chi connectivity index (χ0n) is 14.3. The third kappa shape index (κ3) is 4.80. The Morgan fingerprint density at radius 2 is 1.91 bits per heavy atom. The second kappa shape index (κ2) is 8.09. The van der Waals surface area contributed by atoms with E-state index >= 15 is 0 Å². The van der Waals surface area contributed by atoms with Crippen molar-refractivity contribution in [2.24, 2.45) is 5.92 Å². The van der Waals surface area contributed by atoms with Gasteiger partial charge in [0.15, 0.2) is 0 Å². The van der Waals surface area contributed by atoms with E-state index in [1.807, 2.05) is 6.07 Å². The molecule has 2 rings (SSSR count). The Bertz CT molecular complexity index is 473. The third-order valence-electron chi connectivity index (χ3n) is 4.48. The highest BCUT2D eigenvalue weighted by atomic mass is 32.1. The van der Waals surface area contributed by atoms with E-state index in [1.54, 1.807) is 11.3 Å². The van der Waals surface area contributed by atoms with Crippen LogP contribution in [0.3, 0.4) is 0 Å². The first-order valence-corrected chi connectivity index (χ1v) is 9.11. The fraction of sp³-hybridized carbons (Fsp3) is 0.706. The Kier molecular flexibility index (Phi) is 6.41. The molecule has 0 bridgehead atoms. The minimum atomic E-state index is 0.0730. The van der Waals surface area contributed by atoms with Crippen molar-refractivity contribution in [2.75, 3.05) is 45.8 Å². The molecule has 1 aliphatic rings. The van der Waals surface area contributed by atoms with Crippen LogP contribution in [0.2, 0.25) is 0 Å². The largest absolute Gasteiger partial charge is 0.351 e. The van der Waals surface area contributed by atoms with Gasteiger partial charge in [0.05, 0.1) is 4.88 Å². The van der Waals surface area contributed by atoms with Gasteiger partial charge < -0.3 is 15.1 Å². The van der Waals surface area contributed by atoms with Crippen molar-refractivity contribution in [1.29, 1.82) is 0 Å². The Balaban J connectivity index is 1.71. The monoisotopic (exact) mass is 323 g/mol. The average molecular weight is 324 g/mol. The normalized spacial score (nSPS) is 18.4. The van der Waals surface area contributed by atoms with Gasteiger partial charge in [0.2, 0.25) is 0 Å². The van der Waals surface area contributed by atoms with Crippen molar-refractivity contribution in [3.05, 3.63) is 21.4 Å². The number of rotatable bonds is 6. The quantitative estimate of drug-likeness (QED) is 0.873. The van der Waals surface area contributed by atoms with E-state index in [9.17, 15) is 4.79 Å². The molecule has 1 atom stereocenters. The first kappa shape index (κ1) is 17.4. The summed E-state index contributed by atoms with van der Waals surface area (Å²) in [5.41, 5.74) is 1.21. The van der Waals surface area contributed by atoms with E-state index in [2.05, 4.69) is 42.8 Å². The van der Waals surface area contributed by atoms with E-state index in [0.717, 1.165) is 37.6 Å². The molecule has 1 fully saturated rings. The molecular weight excluding hydrogens is 294 g/mol. The molecule has 5 heteroatoms. The summed E-state index contributed by atoms with van der Waals surface area (Å²) in [6.07, 6.45) is 0. The number of nitrogens with one attached hydrogen (secondary N) is 1. The molecule has 1 aromatic heterocycles. The maximum absolute atomic E-state index is 12.2. The van der Waals surface area contributed by atoms with Crippen molar-refractivity contribution in [3.63, 3.8) is 0 Å². The highest BCUT2D eigenvalue weighted by Crippen LogP contribution is 2.20. The summed E-state index contributed by atoms with van der Waals surface area (Å²) < 4.78 is 0. The second-order valence-corrected chi connectivity index (χ2v) is 7.66. The molecule has 0 radical (unpaired) electrons. The van der Waals surface area contributed by atoms with Crippen LogP contribution in [0.4, 0.5) is 0 Å². The summed E-state index contributed by atoms with van der Waals surface area (Å²) in [5.74, 6) is 0.558. The molecule has 1 saturated heterocycles. The topological polar surface area (TPSA) is 35.6 Å². The van der Waals surface area contributed by atoms with Gasteiger partial charge in [-0.1, -0.05) is 13.8 Å². The molecule has 1 amide bonds. The molecule has 0 aliphatic carbocycles. The number of carbonyl (C=O) groups excluding carboxylic acids is 1. The van der Waals surface area contributed by atoms with Crippen LogP contribution in [-0.2, 0) is 0 Å². The number of piperazine rings is 1. The summed E-state index contributed by atoms with van der Waals surface area (Å²) in [5, 5.41) is 3.08. The zero-order chi connectivity index (χ0) is 16.1. The summed E-state index contributed by atoms with van der Waals surface area (Å²) in [4.78, 5) is 19.2. The molecule has 22 heavy (non-hydrogen) atoms. The predicted octanol–water partition coefficient (Wildman–Crippen LogP) is 2.37. The third-order valence-corrected chi connectivity index (χ3v) is 5.63. The molecule has 0 aromatic carbocycles. The van der Waals surface area contributed by atoms with Crippen LogP contribution in [0.1, 0.15) is 34.0 Å². The number of aryl methyl sites for hydroxylation is 2. The smallest absolute Gasteiger partial charge is 0.261 e. The molecule has 1 aromatic rings. The fourth-order valence-corrected chi connectivity index (χ4v) is 3.78. The molecule has 124 valence electrons. The molecule has 4 nitrogen and oxygen atoms in total. The molecule has 1 N–H and O–H groups in total. The Morgan fingerprint density at radius 3 is 2.45 bits per heavy atom.